The van der Waals surface area contributed by atoms with Crippen molar-refractivity contribution in [3.63, 3.8) is 0 Å². The van der Waals surface area contributed by atoms with E-state index in [4.69, 9.17) is 4.74 Å². The smallest absolute Gasteiger partial charge is 0.141 e. The third kappa shape index (κ3) is 3.29. The fourth-order valence-electron chi connectivity index (χ4n) is 2.57. The Labute approximate surface area is 122 Å². The third-order valence-corrected chi connectivity index (χ3v) is 4.45. The lowest BCUT2D eigenvalue weighted by Gasteiger charge is -2.35. The van der Waals surface area contributed by atoms with Crippen LogP contribution in [0.25, 0.3) is 0 Å². The molecule has 1 saturated carbocycles. The first-order valence-corrected chi connectivity index (χ1v) is 7.73. The maximum atomic E-state index is 13.6. The largest absolute Gasteiger partial charge is 0.496 e. The van der Waals surface area contributed by atoms with Gasteiger partial charge in [0.25, 0.3) is 0 Å². The number of benzene rings is 1. The predicted octanol–water partition coefficient (Wildman–Crippen LogP) is 4.44. The maximum absolute atomic E-state index is 13.6. The highest BCUT2D eigenvalue weighted by molar-refractivity contribution is 9.10. The average Bonchev–Trinajstić information content (AvgIpc) is 2.35. The van der Waals surface area contributed by atoms with Crippen LogP contribution in [0.15, 0.2) is 16.6 Å². The molecular weight excluding hydrogens is 309 g/mol. The molecule has 2 rings (SSSR count). The summed E-state index contributed by atoms with van der Waals surface area (Å²) in [5.41, 5.74) is 1.06. The van der Waals surface area contributed by atoms with Crippen molar-refractivity contribution in [3.05, 3.63) is 28.0 Å². The fraction of sp³-hybridized carbons (Fsp3) is 0.600. The van der Waals surface area contributed by atoms with Crippen LogP contribution in [-0.2, 0) is 0 Å². The molecule has 0 heterocycles. The van der Waals surface area contributed by atoms with Crippen LogP contribution in [0.4, 0.5) is 4.39 Å². The highest BCUT2D eigenvalue weighted by Gasteiger charge is 2.30. The molecule has 1 aromatic rings. The number of methoxy groups -OCH3 is 1. The Bertz CT molecular complexity index is 434. The van der Waals surface area contributed by atoms with Gasteiger partial charge in [0.05, 0.1) is 11.6 Å². The van der Waals surface area contributed by atoms with E-state index in [1.54, 1.807) is 7.11 Å². The first-order chi connectivity index (χ1) is 9.17. The van der Waals surface area contributed by atoms with E-state index in [0.717, 1.165) is 18.5 Å². The van der Waals surface area contributed by atoms with Crippen molar-refractivity contribution in [1.82, 2.24) is 5.32 Å². The van der Waals surface area contributed by atoms with Crippen molar-refractivity contribution in [2.45, 2.75) is 38.6 Å². The minimum atomic E-state index is -0.275. The standard InChI is InChI=1S/C15H21BrFNO/c1-3-7-18-15(10-5-4-6-10)11-8-12(16)13(17)9-14(11)19-2/h8-10,15,18H,3-7H2,1-2H3. The van der Waals surface area contributed by atoms with Crippen molar-refractivity contribution in [3.8, 4) is 5.75 Å². The van der Waals surface area contributed by atoms with Crippen LogP contribution in [0.5, 0.6) is 5.75 Å². The van der Waals surface area contributed by atoms with Crippen molar-refractivity contribution >= 4 is 15.9 Å². The van der Waals surface area contributed by atoms with E-state index in [0.29, 0.717) is 16.1 Å². The van der Waals surface area contributed by atoms with Crippen LogP contribution in [0, 0.1) is 11.7 Å². The number of hydrogen-bond donors (Lipinski definition) is 1. The molecule has 1 N–H and O–H groups in total. The van der Waals surface area contributed by atoms with Gasteiger partial charge in [0, 0.05) is 17.7 Å². The summed E-state index contributed by atoms with van der Waals surface area (Å²) in [6.45, 7) is 3.13. The Hall–Kier alpha value is -0.610. The van der Waals surface area contributed by atoms with Crippen molar-refractivity contribution in [2.24, 2.45) is 5.92 Å². The SMILES string of the molecule is CCCNC(c1cc(Br)c(F)cc1OC)C1CCC1. The topological polar surface area (TPSA) is 21.3 Å². The summed E-state index contributed by atoms with van der Waals surface area (Å²) >= 11 is 3.28. The highest BCUT2D eigenvalue weighted by Crippen LogP contribution is 2.42. The molecule has 106 valence electrons. The monoisotopic (exact) mass is 329 g/mol. The number of nitrogens with one attached hydrogen (secondary N) is 1. The molecule has 1 aliphatic carbocycles. The van der Waals surface area contributed by atoms with Gasteiger partial charge in [0.15, 0.2) is 0 Å². The number of rotatable bonds is 6. The van der Waals surface area contributed by atoms with Gasteiger partial charge in [0.1, 0.15) is 11.6 Å². The van der Waals surface area contributed by atoms with Crippen LogP contribution in [0.1, 0.15) is 44.2 Å². The van der Waals surface area contributed by atoms with E-state index in [9.17, 15) is 4.39 Å². The predicted molar refractivity (Wildman–Crippen MR) is 79.0 cm³/mol. The molecule has 2 nitrogen and oxygen atoms in total. The van der Waals surface area contributed by atoms with Crippen LogP contribution in [0.2, 0.25) is 0 Å². The quantitative estimate of drug-likeness (QED) is 0.833. The van der Waals surface area contributed by atoms with Gasteiger partial charge in [-0.15, -0.1) is 0 Å². The molecule has 0 aliphatic heterocycles. The van der Waals surface area contributed by atoms with Crippen LogP contribution in [0.3, 0.4) is 0 Å². The molecule has 4 heteroatoms. The van der Waals surface area contributed by atoms with Gasteiger partial charge in [-0.05, 0) is 53.7 Å². The zero-order valence-corrected chi connectivity index (χ0v) is 13.1. The van der Waals surface area contributed by atoms with Crippen molar-refractivity contribution in [2.75, 3.05) is 13.7 Å². The summed E-state index contributed by atoms with van der Waals surface area (Å²) in [6, 6.07) is 3.60. The number of ether oxygens (including phenoxy) is 1. The second-order valence-corrected chi connectivity index (χ2v) is 5.99. The Kier molecular flexibility index (Phi) is 5.22. The van der Waals surface area contributed by atoms with Gasteiger partial charge in [0.2, 0.25) is 0 Å². The van der Waals surface area contributed by atoms with Gasteiger partial charge in [-0.2, -0.15) is 0 Å². The molecule has 19 heavy (non-hydrogen) atoms. The molecule has 1 aromatic carbocycles. The molecule has 0 bridgehead atoms. The second-order valence-electron chi connectivity index (χ2n) is 5.13. The normalized spacial score (nSPS) is 17.1. The summed E-state index contributed by atoms with van der Waals surface area (Å²) in [5, 5.41) is 3.59. The molecule has 1 atom stereocenters. The summed E-state index contributed by atoms with van der Waals surface area (Å²) in [4.78, 5) is 0. The highest BCUT2D eigenvalue weighted by atomic mass is 79.9. The lowest BCUT2D eigenvalue weighted by Crippen LogP contribution is -2.33. The molecule has 1 unspecified atom stereocenters. The molecule has 0 aromatic heterocycles. The molecular formula is C15H21BrFNO. The summed E-state index contributed by atoms with van der Waals surface area (Å²) in [6.07, 6.45) is 4.85. The van der Waals surface area contributed by atoms with Gasteiger partial charge in [-0.3, -0.25) is 0 Å². The summed E-state index contributed by atoms with van der Waals surface area (Å²) in [7, 11) is 1.60. The summed E-state index contributed by atoms with van der Waals surface area (Å²) in [5.74, 6) is 1.00. The number of hydrogen-bond acceptors (Lipinski definition) is 2. The zero-order valence-electron chi connectivity index (χ0n) is 11.5. The zero-order chi connectivity index (χ0) is 13.8. The van der Waals surface area contributed by atoms with Crippen molar-refractivity contribution < 1.29 is 9.13 Å². The Morgan fingerprint density at radius 2 is 2.21 bits per heavy atom. The van der Waals surface area contributed by atoms with E-state index in [2.05, 4.69) is 28.2 Å². The minimum Gasteiger partial charge on any atom is -0.496 e. The van der Waals surface area contributed by atoms with Gasteiger partial charge >= 0.3 is 0 Å². The molecule has 0 spiro atoms. The molecule has 1 fully saturated rings. The van der Waals surface area contributed by atoms with Gasteiger partial charge < -0.3 is 10.1 Å². The van der Waals surface area contributed by atoms with Crippen LogP contribution in [-0.4, -0.2) is 13.7 Å². The van der Waals surface area contributed by atoms with Crippen molar-refractivity contribution in [1.29, 1.82) is 0 Å². The average molecular weight is 330 g/mol. The fourth-order valence-corrected chi connectivity index (χ4v) is 2.93. The van der Waals surface area contributed by atoms with E-state index < -0.39 is 0 Å². The molecule has 0 amide bonds. The van der Waals surface area contributed by atoms with Gasteiger partial charge in [-0.1, -0.05) is 13.3 Å². The van der Waals surface area contributed by atoms with E-state index in [1.807, 2.05) is 6.07 Å². The van der Waals surface area contributed by atoms with E-state index in [1.165, 1.54) is 25.3 Å². The first-order valence-electron chi connectivity index (χ1n) is 6.93. The lowest BCUT2D eigenvalue weighted by atomic mass is 9.77. The second kappa shape index (κ2) is 6.71. The molecule has 0 saturated heterocycles. The van der Waals surface area contributed by atoms with E-state index in [-0.39, 0.29) is 11.9 Å². The minimum absolute atomic E-state index is 0.264. The number of halogens is 2. The Morgan fingerprint density at radius 3 is 2.74 bits per heavy atom. The van der Waals surface area contributed by atoms with E-state index >= 15 is 0 Å². The van der Waals surface area contributed by atoms with Crippen LogP contribution >= 0.6 is 15.9 Å². The first kappa shape index (κ1) is 14.8. The maximum Gasteiger partial charge on any atom is 0.141 e. The molecule has 0 radical (unpaired) electrons. The Morgan fingerprint density at radius 1 is 1.47 bits per heavy atom. The Balaban J connectivity index is 2.30. The molecule has 1 aliphatic rings. The third-order valence-electron chi connectivity index (χ3n) is 3.84. The van der Waals surface area contributed by atoms with Gasteiger partial charge in [-0.25, -0.2) is 4.39 Å². The lowest BCUT2D eigenvalue weighted by molar-refractivity contribution is 0.226. The summed E-state index contributed by atoms with van der Waals surface area (Å²) < 4.78 is 19.5. The van der Waals surface area contributed by atoms with Crippen LogP contribution < -0.4 is 10.1 Å².